The summed E-state index contributed by atoms with van der Waals surface area (Å²) in [5.41, 5.74) is 8.05. The molecule has 0 fully saturated rings. The number of nitrogens with zero attached hydrogens (tertiary/aromatic N) is 1. The van der Waals surface area contributed by atoms with Gasteiger partial charge in [0.25, 0.3) is 0 Å². The molecule has 0 unspecified atom stereocenters. The van der Waals surface area contributed by atoms with Gasteiger partial charge < -0.3 is 4.74 Å². The van der Waals surface area contributed by atoms with Crippen molar-refractivity contribution in [2.75, 3.05) is 0 Å². The van der Waals surface area contributed by atoms with Crippen LogP contribution in [0, 0.1) is 0 Å². The zero-order valence-corrected chi connectivity index (χ0v) is 26.7. The maximum absolute atomic E-state index is 6.32. The molecule has 2 nitrogen and oxygen atoms in total. The fourth-order valence-electron chi connectivity index (χ4n) is 7.33. The quantitative estimate of drug-likeness (QED) is 0.182. The fraction of sp³-hybridized carbons (Fsp3) is 0. The van der Waals surface area contributed by atoms with E-state index in [1.165, 1.54) is 54.6 Å². The highest BCUT2D eigenvalue weighted by Crippen LogP contribution is 2.49. The molecular formula is C45H27NOS. The van der Waals surface area contributed by atoms with E-state index in [2.05, 4.69) is 145 Å². The van der Waals surface area contributed by atoms with Crippen LogP contribution in [0.5, 0.6) is 11.5 Å². The molecule has 0 spiro atoms. The zero-order valence-electron chi connectivity index (χ0n) is 25.9. The van der Waals surface area contributed by atoms with Crippen molar-refractivity contribution in [1.29, 1.82) is 0 Å². The molecule has 48 heavy (non-hydrogen) atoms. The molecular weight excluding hydrogens is 603 g/mol. The van der Waals surface area contributed by atoms with Crippen molar-refractivity contribution in [3.05, 3.63) is 164 Å². The van der Waals surface area contributed by atoms with Crippen molar-refractivity contribution in [3.8, 4) is 44.9 Å². The van der Waals surface area contributed by atoms with E-state index in [1.54, 1.807) is 11.8 Å². The molecule has 3 heteroatoms. The van der Waals surface area contributed by atoms with Crippen LogP contribution in [0.15, 0.2) is 174 Å². The second-order valence-electron chi connectivity index (χ2n) is 12.3. The molecule has 0 N–H and O–H groups in total. The summed E-state index contributed by atoms with van der Waals surface area (Å²) in [6.07, 6.45) is 1.86. The normalized spacial score (nSPS) is 12.2. The third kappa shape index (κ3) is 4.32. The third-order valence-electron chi connectivity index (χ3n) is 9.58. The Hall–Kier alpha value is -5.90. The van der Waals surface area contributed by atoms with E-state index >= 15 is 0 Å². The number of hydrogen-bond acceptors (Lipinski definition) is 3. The number of aromatic nitrogens is 1. The molecule has 1 aromatic heterocycles. The van der Waals surface area contributed by atoms with Gasteiger partial charge in [0.15, 0.2) is 0 Å². The Bertz CT molecular complexity index is 2710. The minimum atomic E-state index is 0.893. The Kier molecular flexibility index (Phi) is 6.15. The van der Waals surface area contributed by atoms with Crippen LogP contribution >= 0.6 is 11.8 Å². The van der Waals surface area contributed by atoms with Gasteiger partial charge in [-0.25, -0.2) is 0 Å². The van der Waals surface area contributed by atoms with E-state index in [0.717, 1.165) is 43.3 Å². The molecule has 1 aliphatic heterocycles. The molecule has 0 saturated heterocycles. The molecule has 0 bridgehead atoms. The lowest BCUT2D eigenvalue weighted by Gasteiger charge is -2.21. The smallest absolute Gasteiger partial charge is 0.141 e. The minimum Gasteiger partial charge on any atom is -0.455 e. The van der Waals surface area contributed by atoms with Crippen molar-refractivity contribution in [2.24, 2.45) is 0 Å². The number of rotatable bonds is 3. The number of fused-ring (bicyclic) bond motifs is 9. The molecule has 0 aliphatic carbocycles. The third-order valence-corrected chi connectivity index (χ3v) is 10.7. The predicted molar refractivity (Wildman–Crippen MR) is 201 cm³/mol. The summed E-state index contributed by atoms with van der Waals surface area (Å²) in [5, 5.41) is 8.82. The molecule has 9 aromatic rings. The predicted octanol–water partition coefficient (Wildman–Crippen LogP) is 13.0. The largest absolute Gasteiger partial charge is 0.455 e. The topological polar surface area (TPSA) is 22.1 Å². The Morgan fingerprint density at radius 2 is 1.00 bits per heavy atom. The van der Waals surface area contributed by atoms with Crippen LogP contribution in [0.1, 0.15) is 0 Å². The Balaban J connectivity index is 1.21. The van der Waals surface area contributed by atoms with Gasteiger partial charge in [0.05, 0.1) is 15.3 Å². The highest BCUT2D eigenvalue weighted by Gasteiger charge is 2.20. The highest BCUT2D eigenvalue weighted by molar-refractivity contribution is 7.99. The van der Waals surface area contributed by atoms with Gasteiger partial charge in [-0.3, -0.25) is 4.98 Å². The molecule has 224 valence electrons. The van der Waals surface area contributed by atoms with Crippen molar-refractivity contribution in [2.45, 2.75) is 9.79 Å². The maximum Gasteiger partial charge on any atom is 0.141 e. The minimum absolute atomic E-state index is 0.893. The van der Waals surface area contributed by atoms with Crippen LogP contribution in [0.3, 0.4) is 0 Å². The van der Waals surface area contributed by atoms with E-state index in [9.17, 15) is 0 Å². The second-order valence-corrected chi connectivity index (χ2v) is 13.4. The van der Waals surface area contributed by atoms with Gasteiger partial charge in [-0.15, -0.1) is 0 Å². The van der Waals surface area contributed by atoms with E-state index in [0.29, 0.717) is 0 Å². The Labute approximate surface area is 282 Å². The van der Waals surface area contributed by atoms with Gasteiger partial charge in [0, 0.05) is 11.6 Å². The van der Waals surface area contributed by atoms with Crippen LogP contribution < -0.4 is 4.74 Å². The van der Waals surface area contributed by atoms with E-state index in [-0.39, 0.29) is 0 Å². The Morgan fingerprint density at radius 1 is 0.375 bits per heavy atom. The van der Waals surface area contributed by atoms with E-state index < -0.39 is 0 Å². The summed E-state index contributed by atoms with van der Waals surface area (Å²) in [6.45, 7) is 0. The van der Waals surface area contributed by atoms with Gasteiger partial charge in [-0.05, 0) is 114 Å². The molecule has 0 radical (unpaired) electrons. The van der Waals surface area contributed by atoms with Crippen molar-refractivity contribution >= 4 is 55.0 Å². The number of pyridine rings is 1. The first-order valence-corrected chi connectivity index (χ1v) is 17.0. The molecule has 1 aliphatic rings. The lowest BCUT2D eigenvalue weighted by atomic mass is 9.88. The monoisotopic (exact) mass is 629 g/mol. The van der Waals surface area contributed by atoms with E-state index in [4.69, 9.17) is 4.74 Å². The summed E-state index contributed by atoms with van der Waals surface area (Å²) >= 11 is 1.77. The molecule has 0 amide bonds. The molecule has 0 saturated carbocycles. The first kappa shape index (κ1) is 27.2. The lowest BCUT2D eigenvalue weighted by molar-refractivity contribution is 0.454. The van der Waals surface area contributed by atoms with Gasteiger partial charge >= 0.3 is 0 Å². The molecule has 0 atom stereocenters. The summed E-state index contributed by atoms with van der Waals surface area (Å²) in [7, 11) is 0. The van der Waals surface area contributed by atoms with Gasteiger partial charge in [0.2, 0.25) is 0 Å². The number of para-hydroxylation sites is 1. The number of ether oxygens (including phenoxy) is 1. The SMILES string of the molecule is c1ccc2c(c1)Oc1ccc(-c3cc(-c4cccc5ncccc45)ccc3-c3ccc4c5ccccc5c5ccccc5c4c3)cc1S2. The highest BCUT2D eigenvalue weighted by atomic mass is 32.2. The standard InChI is InChI=1S/C45H27NOS/c1-2-11-35-33(9-1)34-10-3-4-12-36(34)40-26-29(19-22-37(35)40)32-21-18-28(31-13-7-15-41-38(31)14-8-24-46-41)25-39(32)30-20-23-43-45(27-30)48-44-17-6-5-16-42(44)47-43/h1-27H. The molecule has 10 rings (SSSR count). The van der Waals surface area contributed by atoms with Crippen molar-refractivity contribution in [1.82, 2.24) is 4.98 Å². The molecule has 2 heterocycles. The molecule has 8 aromatic carbocycles. The second kappa shape index (κ2) is 10.8. The lowest BCUT2D eigenvalue weighted by Crippen LogP contribution is -1.95. The van der Waals surface area contributed by atoms with Crippen molar-refractivity contribution in [3.63, 3.8) is 0 Å². The number of hydrogen-bond donors (Lipinski definition) is 0. The maximum atomic E-state index is 6.32. The first-order chi connectivity index (χ1) is 23.8. The van der Waals surface area contributed by atoms with Crippen LogP contribution in [0.25, 0.3) is 76.6 Å². The first-order valence-electron chi connectivity index (χ1n) is 16.2. The average molecular weight is 630 g/mol. The van der Waals surface area contributed by atoms with E-state index in [1.807, 2.05) is 24.4 Å². The Morgan fingerprint density at radius 3 is 1.83 bits per heavy atom. The average Bonchev–Trinajstić information content (AvgIpc) is 3.16. The van der Waals surface area contributed by atoms with Crippen LogP contribution in [0.4, 0.5) is 0 Å². The fourth-order valence-corrected chi connectivity index (χ4v) is 8.32. The van der Waals surface area contributed by atoms with Crippen molar-refractivity contribution < 1.29 is 4.74 Å². The summed E-state index contributed by atoms with van der Waals surface area (Å²) in [4.78, 5) is 6.89. The number of benzene rings is 8. The van der Waals surface area contributed by atoms with Crippen LogP contribution in [-0.2, 0) is 0 Å². The van der Waals surface area contributed by atoms with Gasteiger partial charge in [0.1, 0.15) is 11.5 Å². The van der Waals surface area contributed by atoms with Crippen LogP contribution in [-0.4, -0.2) is 4.98 Å². The van der Waals surface area contributed by atoms with Crippen LogP contribution in [0.2, 0.25) is 0 Å². The summed E-state index contributed by atoms with van der Waals surface area (Å²) < 4.78 is 6.32. The summed E-state index contributed by atoms with van der Waals surface area (Å²) in [6, 6.07) is 56.8. The van der Waals surface area contributed by atoms with Gasteiger partial charge in [-0.2, -0.15) is 0 Å². The summed E-state index contributed by atoms with van der Waals surface area (Å²) in [5.74, 6) is 1.80. The van der Waals surface area contributed by atoms with Gasteiger partial charge in [-0.1, -0.05) is 121 Å². The zero-order chi connectivity index (χ0) is 31.6.